The van der Waals surface area contributed by atoms with Gasteiger partial charge in [-0.1, -0.05) is 29.8 Å². The van der Waals surface area contributed by atoms with Crippen molar-refractivity contribution >= 4 is 17.5 Å². The summed E-state index contributed by atoms with van der Waals surface area (Å²) in [6, 6.07) is 8.33. The van der Waals surface area contributed by atoms with Gasteiger partial charge in [0.25, 0.3) is 0 Å². The molecular formula is C21H30N6O2. The molecule has 156 valence electrons. The molecule has 8 nitrogen and oxygen atoms in total. The molecule has 1 aromatic carbocycles. The van der Waals surface area contributed by atoms with Gasteiger partial charge in [0.2, 0.25) is 11.8 Å². The zero-order chi connectivity index (χ0) is 20.8. The first kappa shape index (κ1) is 21.0. The lowest BCUT2D eigenvalue weighted by atomic mass is 9.80. The SMILES string of the molecule is Cc1ccc(CCNc2nc(N)c([N+](=O)[O-])c(CC3CCC(CN)CC3)n2)cc1. The molecule has 0 saturated heterocycles. The molecule has 0 radical (unpaired) electrons. The molecule has 0 amide bonds. The Kier molecular flexibility index (Phi) is 6.98. The fourth-order valence-electron chi connectivity index (χ4n) is 3.96. The number of nitrogens with one attached hydrogen (secondary N) is 1. The number of nitrogen functional groups attached to an aromatic ring is 1. The van der Waals surface area contributed by atoms with Gasteiger partial charge < -0.3 is 16.8 Å². The highest BCUT2D eigenvalue weighted by molar-refractivity contribution is 5.58. The molecule has 5 N–H and O–H groups in total. The number of benzene rings is 1. The summed E-state index contributed by atoms with van der Waals surface area (Å²) in [6.45, 7) is 3.39. The van der Waals surface area contributed by atoms with E-state index in [-0.39, 0.29) is 11.5 Å². The summed E-state index contributed by atoms with van der Waals surface area (Å²) in [7, 11) is 0. The lowest BCUT2D eigenvalue weighted by Gasteiger charge is -2.27. The predicted octanol–water partition coefficient (Wildman–Crippen LogP) is 3.24. The van der Waals surface area contributed by atoms with Gasteiger partial charge in [0.1, 0.15) is 5.69 Å². The number of aryl methyl sites for hydroxylation is 1. The smallest absolute Gasteiger partial charge is 0.332 e. The number of hydrogen-bond donors (Lipinski definition) is 3. The lowest BCUT2D eigenvalue weighted by molar-refractivity contribution is -0.385. The molecule has 29 heavy (non-hydrogen) atoms. The standard InChI is InChI=1S/C21H30N6O2/c1-14-2-4-15(5-3-14)10-11-24-21-25-18(19(27(28)29)20(23)26-21)12-16-6-8-17(13-22)9-7-16/h2-5,16-17H,6-13,22H2,1H3,(H3,23,24,25,26). The van der Waals surface area contributed by atoms with Crippen LogP contribution in [0.1, 0.15) is 42.5 Å². The maximum atomic E-state index is 11.5. The lowest BCUT2D eigenvalue weighted by Crippen LogP contribution is -2.23. The second-order valence-corrected chi connectivity index (χ2v) is 7.97. The molecule has 1 heterocycles. The molecule has 1 fully saturated rings. The van der Waals surface area contributed by atoms with E-state index in [1.165, 1.54) is 11.1 Å². The Morgan fingerprint density at radius 1 is 1.14 bits per heavy atom. The first-order chi connectivity index (χ1) is 14.0. The molecule has 0 unspecified atom stereocenters. The van der Waals surface area contributed by atoms with Gasteiger partial charge in [-0.3, -0.25) is 10.1 Å². The van der Waals surface area contributed by atoms with Crippen LogP contribution in [0.3, 0.4) is 0 Å². The van der Waals surface area contributed by atoms with E-state index >= 15 is 0 Å². The van der Waals surface area contributed by atoms with Gasteiger partial charge in [-0.15, -0.1) is 0 Å². The van der Waals surface area contributed by atoms with Crippen LogP contribution in [0.4, 0.5) is 17.5 Å². The molecule has 0 bridgehead atoms. The highest BCUT2D eigenvalue weighted by atomic mass is 16.6. The van der Waals surface area contributed by atoms with E-state index in [1.54, 1.807) is 0 Å². The van der Waals surface area contributed by atoms with E-state index in [1.807, 2.05) is 0 Å². The van der Waals surface area contributed by atoms with E-state index < -0.39 is 4.92 Å². The Balaban J connectivity index is 1.68. The van der Waals surface area contributed by atoms with Crippen molar-refractivity contribution in [3.8, 4) is 0 Å². The molecule has 1 aromatic heterocycles. The Bertz CT molecular complexity index is 832. The molecule has 0 aliphatic heterocycles. The van der Waals surface area contributed by atoms with Crippen LogP contribution in [0.2, 0.25) is 0 Å². The van der Waals surface area contributed by atoms with Crippen molar-refractivity contribution in [2.45, 2.75) is 45.4 Å². The van der Waals surface area contributed by atoms with Crippen LogP contribution in [-0.2, 0) is 12.8 Å². The number of nitro groups is 1. The summed E-state index contributed by atoms with van der Waals surface area (Å²) in [4.78, 5) is 19.6. The second kappa shape index (κ2) is 9.65. The summed E-state index contributed by atoms with van der Waals surface area (Å²) < 4.78 is 0. The van der Waals surface area contributed by atoms with Gasteiger partial charge >= 0.3 is 5.69 Å². The van der Waals surface area contributed by atoms with E-state index in [0.717, 1.165) is 32.1 Å². The number of aromatic nitrogens is 2. The van der Waals surface area contributed by atoms with E-state index in [0.29, 0.717) is 43.0 Å². The zero-order valence-corrected chi connectivity index (χ0v) is 16.9. The molecule has 0 atom stereocenters. The third-order valence-electron chi connectivity index (χ3n) is 5.76. The van der Waals surface area contributed by atoms with Crippen LogP contribution < -0.4 is 16.8 Å². The van der Waals surface area contributed by atoms with Crippen molar-refractivity contribution in [2.75, 3.05) is 24.1 Å². The molecule has 3 rings (SSSR count). The Morgan fingerprint density at radius 2 is 1.79 bits per heavy atom. The maximum absolute atomic E-state index is 11.5. The number of anilines is 2. The maximum Gasteiger partial charge on any atom is 0.332 e. The van der Waals surface area contributed by atoms with Crippen molar-refractivity contribution in [3.05, 3.63) is 51.2 Å². The van der Waals surface area contributed by atoms with Gasteiger partial charge in [0.05, 0.1) is 4.92 Å². The quantitative estimate of drug-likeness (QED) is 0.459. The molecule has 1 aliphatic rings. The third kappa shape index (κ3) is 5.63. The van der Waals surface area contributed by atoms with Crippen LogP contribution in [0.5, 0.6) is 0 Å². The van der Waals surface area contributed by atoms with Gasteiger partial charge in [0, 0.05) is 6.54 Å². The number of hydrogen-bond acceptors (Lipinski definition) is 7. The normalized spacial score (nSPS) is 19.1. The minimum atomic E-state index is -0.466. The summed E-state index contributed by atoms with van der Waals surface area (Å²) in [5.41, 5.74) is 14.4. The molecule has 1 saturated carbocycles. The predicted molar refractivity (Wildman–Crippen MR) is 115 cm³/mol. The Morgan fingerprint density at radius 3 is 2.41 bits per heavy atom. The first-order valence-electron chi connectivity index (χ1n) is 10.3. The molecular weight excluding hydrogens is 368 g/mol. The molecule has 1 aliphatic carbocycles. The minimum absolute atomic E-state index is 0.0755. The summed E-state index contributed by atoms with van der Waals surface area (Å²) in [6.07, 6.45) is 5.51. The highest BCUT2D eigenvalue weighted by Crippen LogP contribution is 2.33. The average Bonchev–Trinajstić information content (AvgIpc) is 2.69. The van der Waals surface area contributed by atoms with Crippen molar-refractivity contribution in [2.24, 2.45) is 17.6 Å². The van der Waals surface area contributed by atoms with E-state index in [9.17, 15) is 10.1 Å². The van der Waals surface area contributed by atoms with Crippen molar-refractivity contribution in [1.29, 1.82) is 0 Å². The topological polar surface area (TPSA) is 133 Å². The first-order valence-corrected chi connectivity index (χ1v) is 10.3. The van der Waals surface area contributed by atoms with Gasteiger partial charge in [-0.05, 0) is 69.4 Å². The fraction of sp³-hybridized carbons (Fsp3) is 0.524. The van der Waals surface area contributed by atoms with Crippen LogP contribution >= 0.6 is 0 Å². The second-order valence-electron chi connectivity index (χ2n) is 7.97. The highest BCUT2D eigenvalue weighted by Gasteiger charge is 2.27. The van der Waals surface area contributed by atoms with Crippen LogP contribution in [-0.4, -0.2) is 28.0 Å². The van der Waals surface area contributed by atoms with Crippen LogP contribution in [0.25, 0.3) is 0 Å². The Labute approximate surface area is 171 Å². The van der Waals surface area contributed by atoms with Crippen molar-refractivity contribution in [1.82, 2.24) is 9.97 Å². The van der Waals surface area contributed by atoms with Crippen molar-refractivity contribution in [3.63, 3.8) is 0 Å². The van der Waals surface area contributed by atoms with Gasteiger partial charge in [-0.25, -0.2) is 4.98 Å². The Hall–Kier alpha value is -2.74. The monoisotopic (exact) mass is 398 g/mol. The van der Waals surface area contributed by atoms with Gasteiger partial charge in [0.15, 0.2) is 0 Å². The van der Waals surface area contributed by atoms with E-state index in [2.05, 4.69) is 46.5 Å². The molecule has 2 aromatic rings. The zero-order valence-electron chi connectivity index (χ0n) is 16.9. The van der Waals surface area contributed by atoms with E-state index in [4.69, 9.17) is 11.5 Å². The summed E-state index contributed by atoms with van der Waals surface area (Å²) in [5.74, 6) is 1.21. The largest absolute Gasteiger partial charge is 0.378 e. The van der Waals surface area contributed by atoms with Crippen LogP contribution in [0.15, 0.2) is 24.3 Å². The summed E-state index contributed by atoms with van der Waals surface area (Å²) in [5, 5.41) is 14.7. The van der Waals surface area contributed by atoms with Crippen LogP contribution in [0, 0.1) is 28.9 Å². The fourth-order valence-corrected chi connectivity index (χ4v) is 3.96. The number of rotatable bonds is 8. The summed E-state index contributed by atoms with van der Waals surface area (Å²) >= 11 is 0. The third-order valence-corrected chi connectivity index (χ3v) is 5.76. The molecule has 0 spiro atoms. The molecule has 8 heteroatoms. The minimum Gasteiger partial charge on any atom is -0.378 e. The number of nitrogens with zero attached hydrogens (tertiary/aromatic N) is 3. The number of nitrogens with two attached hydrogens (primary N) is 2. The van der Waals surface area contributed by atoms with Crippen molar-refractivity contribution < 1.29 is 4.92 Å². The average molecular weight is 399 g/mol. The van der Waals surface area contributed by atoms with Gasteiger partial charge in [-0.2, -0.15) is 4.98 Å².